The Bertz CT molecular complexity index is 814. The van der Waals surface area contributed by atoms with E-state index in [4.69, 9.17) is 4.74 Å². The first-order valence-electron chi connectivity index (χ1n) is 11.2. The number of carbonyl (C=O) groups is 1. The van der Waals surface area contributed by atoms with Crippen LogP contribution in [0.3, 0.4) is 0 Å². The van der Waals surface area contributed by atoms with Crippen molar-refractivity contribution in [1.82, 2.24) is 9.62 Å². The molecular formula is C22H35N3O4S. The van der Waals surface area contributed by atoms with Crippen molar-refractivity contribution in [3.63, 3.8) is 0 Å². The molecule has 8 heteroatoms. The Morgan fingerprint density at radius 1 is 1.07 bits per heavy atom. The lowest BCUT2D eigenvalue weighted by Crippen LogP contribution is -2.44. The van der Waals surface area contributed by atoms with E-state index in [1.54, 1.807) is 29.4 Å². The molecule has 1 saturated carbocycles. The molecule has 1 saturated heterocycles. The van der Waals surface area contributed by atoms with Gasteiger partial charge in [0.15, 0.2) is 0 Å². The summed E-state index contributed by atoms with van der Waals surface area (Å²) in [5, 5.41) is 6.27. The maximum absolute atomic E-state index is 13.2. The molecule has 0 radical (unpaired) electrons. The Balaban J connectivity index is 1.74. The monoisotopic (exact) mass is 437 g/mol. The number of hydrogen-bond acceptors (Lipinski definition) is 5. The molecule has 30 heavy (non-hydrogen) atoms. The Morgan fingerprint density at radius 3 is 2.33 bits per heavy atom. The van der Waals surface area contributed by atoms with Gasteiger partial charge in [-0.25, -0.2) is 8.42 Å². The van der Waals surface area contributed by atoms with E-state index < -0.39 is 16.1 Å². The van der Waals surface area contributed by atoms with E-state index >= 15 is 0 Å². The van der Waals surface area contributed by atoms with E-state index in [-0.39, 0.29) is 16.8 Å². The topological polar surface area (TPSA) is 87.7 Å². The number of sulfonamides is 1. The molecule has 0 spiro atoms. The third-order valence-corrected chi connectivity index (χ3v) is 7.99. The summed E-state index contributed by atoms with van der Waals surface area (Å²) in [5.41, 5.74) is 0.514. The number of nitrogens with one attached hydrogen (secondary N) is 2. The summed E-state index contributed by atoms with van der Waals surface area (Å²) in [6.07, 6.45) is 9.47. The predicted octanol–water partition coefficient (Wildman–Crippen LogP) is 3.51. The molecule has 1 heterocycles. The van der Waals surface area contributed by atoms with Gasteiger partial charge in [-0.3, -0.25) is 4.79 Å². The second kappa shape index (κ2) is 10.5. The zero-order valence-electron chi connectivity index (χ0n) is 18.2. The summed E-state index contributed by atoms with van der Waals surface area (Å²) >= 11 is 0. The largest absolute Gasteiger partial charge is 0.495 e. The first kappa shape index (κ1) is 22.9. The van der Waals surface area contributed by atoms with Crippen molar-refractivity contribution >= 4 is 21.6 Å². The fraction of sp³-hybridized carbons (Fsp3) is 0.682. The van der Waals surface area contributed by atoms with Gasteiger partial charge in [0.2, 0.25) is 15.9 Å². The molecular weight excluding hydrogens is 402 g/mol. The van der Waals surface area contributed by atoms with Gasteiger partial charge in [0.1, 0.15) is 11.8 Å². The number of methoxy groups -OCH3 is 1. The molecule has 0 bridgehead atoms. The van der Waals surface area contributed by atoms with Crippen LogP contribution in [0.4, 0.5) is 5.69 Å². The van der Waals surface area contributed by atoms with Crippen molar-refractivity contribution in [2.24, 2.45) is 0 Å². The van der Waals surface area contributed by atoms with Gasteiger partial charge in [-0.05, 0) is 50.8 Å². The van der Waals surface area contributed by atoms with Crippen molar-refractivity contribution in [1.29, 1.82) is 0 Å². The van der Waals surface area contributed by atoms with Gasteiger partial charge in [0.25, 0.3) is 0 Å². The van der Waals surface area contributed by atoms with Crippen molar-refractivity contribution in [2.45, 2.75) is 81.7 Å². The molecule has 0 aromatic heterocycles. The lowest BCUT2D eigenvalue weighted by atomic mass is 9.95. The highest BCUT2D eigenvalue weighted by atomic mass is 32.2. The normalized spacial score (nSPS) is 20.2. The molecule has 7 nitrogen and oxygen atoms in total. The van der Waals surface area contributed by atoms with E-state index in [9.17, 15) is 13.2 Å². The van der Waals surface area contributed by atoms with E-state index in [1.807, 2.05) is 0 Å². The quantitative estimate of drug-likeness (QED) is 0.682. The number of nitrogens with zero attached hydrogens (tertiary/aromatic N) is 1. The Morgan fingerprint density at radius 2 is 1.70 bits per heavy atom. The number of hydrogen-bond donors (Lipinski definition) is 2. The summed E-state index contributed by atoms with van der Waals surface area (Å²) in [5.74, 6) is 0.437. The van der Waals surface area contributed by atoms with Crippen molar-refractivity contribution < 1.29 is 17.9 Å². The summed E-state index contributed by atoms with van der Waals surface area (Å²) < 4.78 is 33.3. The fourth-order valence-corrected chi connectivity index (χ4v) is 5.81. The number of anilines is 1. The number of amides is 1. The first-order chi connectivity index (χ1) is 14.4. The average Bonchev–Trinajstić information content (AvgIpc) is 3.04. The average molecular weight is 438 g/mol. The molecule has 1 aromatic carbocycles. The van der Waals surface area contributed by atoms with Gasteiger partial charge < -0.3 is 15.4 Å². The highest BCUT2D eigenvalue weighted by Gasteiger charge is 2.27. The Labute approximate surface area is 180 Å². The van der Waals surface area contributed by atoms with E-state index in [0.29, 0.717) is 24.5 Å². The highest BCUT2D eigenvalue weighted by molar-refractivity contribution is 7.89. The van der Waals surface area contributed by atoms with Crippen LogP contribution in [0.2, 0.25) is 0 Å². The summed E-state index contributed by atoms with van der Waals surface area (Å²) in [6.45, 7) is 2.89. The second-order valence-corrected chi connectivity index (χ2v) is 10.3. The minimum atomic E-state index is -3.57. The van der Waals surface area contributed by atoms with Crippen LogP contribution in [0.25, 0.3) is 0 Å². The molecule has 2 fully saturated rings. The standard InChI is InChI=1S/C22H35N3O4S/c1-17(22(26)24-18-10-6-5-7-11-18)23-20-16-19(12-13-21(20)29-2)30(27,28)25-14-8-3-4-9-15-25/h12-13,16-18,23H,3-11,14-15H2,1-2H3,(H,24,26)/t17-/m0/s1. The molecule has 2 aliphatic rings. The third kappa shape index (κ3) is 5.66. The number of benzene rings is 1. The van der Waals surface area contributed by atoms with Crippen LogP contribution in [-0.4, -0.2) is 50.9 Å². The molecule has 0 unspecified atom stereocenters. The number of ether oxygens (including phenoxy) is 1. The van der Waals surface area contributed by atoms with Gasteiger partial charge in [0, 0.05) is 19.1 Å². The molecule has 168 valence electrons. The maximum atomic E-state index is 13.2. The zero-order chi connectivity index (χ0) is 21.6. The van der Waals surface area contributed by atoms with E-state index in [1.165, 1.54) is 13.5 Å². The summed E-state index contributed by atoms with van der Waals surface area (Å²) in [4.78, 5) is 12.9. The van der Waals surface area contributed by atoms with Gasteiger partial charge in [-0.15, -0.1) is 0 Å². The van der Waals surface area contributed by atoms with Gasteiger partial charge >= 0.3 is 0 Å². The smallest absolute Gasteiger partial charge is 0.243 e. The second-order valence-electron chi connectivity index (χ2n) is 8.39. The number of rotatable bonds is 7. The maximum Gasteiger partial charge on any atom is 0.243 e. The summed E-state index contributed by atoms with van der Waals surface area (Å²) in [6, 6.07) is 4.54. The minimum absolute atomic E-state index is 0.0790. The van der Waals surface area contributed by atoms with Gasteiger partial charge in [-0.2, -0.15) is 4.31 Å². The summed E-state index contributed by atoms with van der Waals surface area (Å²) in [7, 11) is -2.04. The van der Waals surface area contributed by atoms with Gasteiger partial charge in [-0.1, -0.05) is 32.1 Å². The van der Waals surface area contributed by atoms with E-state index in [2.05, 4.69) is 10.6 Å². The molecule has 1 atom stereocenters. The number of carbonyl (C=O) groups excluding carboxylic acids is 1. The molecule has 2 N–H and O–H groups in total. The van der Waals surface area contributed by atoms with Crippen molar-refractivity contribution in [2.75, 3.05) is 25.5 Å². The van der Waals surface area contributed by atoms with Crippen LogP contribution in [0.1, 0.15) is 64.7 Å². The van der Waals surface area contributed by atoms with Crippen LogP contribution < -0.4 is 15.4 Å². The SMILES string of the molecule is COc1ccc(S(=O)(=O)N2CCCCCC2)cc1N[C@@H](C)C(=O)NC1CCCCC1. The molecule has 1 aromatic rings. The van der Waals surface area contributed by atoms with Crippen molar-refractivity contribution in [3.05, 3.63) is 18.2 Å². The van der Waals surface area contributed by atoms with Crippen LogP contribution in [0, 0.1) is 0 Å². The van der Waals surface area contributed by atoms with Crippen molar-refractivity contribution in [3.8, 4) is 5.75 Å². The van der Waals surface area contributed by atoms with Crippen LogP contribution >= 0.6 is 0 Å². The minimum Gasteiger partial charge on any atom is -0.495 e. The zero-order valence-corrected chi connectivity index (χ0v) is 19.0. The van der Waals surface area contributed by atoms with Crippen LogP contribution in [0.5, 0.6) is 5.75 Å². The third-order valence-electron chi connectivity index (χ3n) is 6.09. The van der Waals surface area contributed by atoms with E-state index in [0.717, 1.165) is 51.4 Å². The molecule has 1 aliphatic heterocycles. The van der Waals surface area contributed by atoms with Gasteiger partial charge in [0.05, 0.1) is 17.7 Å². The molecule has 1 aliphatic carbocycles. The van der Waals surface area contributed by atoms with Crippen LogP contribution in [-0.2, 0) is 14.8 Å². The lowest BCUT2D eigenvalue weighted by Gasteiger charge is -2.25. The van der Waals surface area contributed by atoms with Crippen LogP contribution in [0.15, 0.2) is 23.1 Å². The molecule has 3 rings (SSSR count). The lowest BCUT2D eigenvalue weighted by molar-refractivity contribution is -0.122. The first-order valence-corrected chi connectivity index (χ1v) is 12.6. The highest BCUT2D eigenvalue weighted by Crippen LogP contribution is 2.30. The fourth-order valence-electron chi connectivity index (χ4n) is 4.26. The Kier molecular flexibility index (Phi) is 7.99. The Hall–Kier alpha value is -1.80. The predicted molar refractivity (Wildman–Crippen MR) is 118 cm³/mol. The molecule has 1 amide bonds.